The van der Waals surface area contributed by atoms with Crippen LogP contribution in [-0.2, 0) is 0 Å². The summed E-state index contributed by atoms with van der Waals surface area (Å²) in [6, 6.07) is 0. The van der Waals surface area contributed by atoms with Crippen molar-refractivity contribution in [2.75, 3.05) is 24.7 Å². The second-order valence-electron chi connectivity index (χ2n) is 4.10. The minimum atomic E-state index is -0.0239. The summed E-state index contributed by atoms with van der Waals surface area (Å²) in [6.45, 7) is 5.38. The SMILES string of the molecule is CC(=O)c1sc(N(C)C)c(OC(C)C)c1N. The molecule has 1 heterocycles. The number of nitrogens with zero attached hydrogens (tertiary/aromatic N) is 1. The molecule has 2 N–H and O–H groups in total. The van der Waals surface area contributed by atoms with Gasteiger partial charge in [-0.1, -0.05) is 0 Å². The van der Waals surface area contributed by atoms with E-state index in [2.05, 4.69) is 0 Å². The fourth-order valence-corrected chi connectivity index (χ4v) is 2.29. The number of ether oxygens (including phenoxy) is 1. The fourth-order valence-electron chi connectivity index (χ4n) is 1.32. The predicted molar refractivity (Wildman–Crippen MR) is 68.8 cm³/mol. The van der Waals surface area contributed by atoms with Crippen molar-refractivity contribution in [3.05, 3.63) is 4.88 Å². The van der Waals surface area contributed by atoms with E-state index in [-0.39, 0.29) is 11.9 Å². The van der Waals surface area contributed by atoms with Crippen LogP contribution < -0.4 is 15.4 Å². The van der Waals surface area contributed by atoms with Crippen molar-refractivity contribution in [3.8, 4) is 5.75 Å². The number of rotatable bonds is 4. The summed E-state index contributed by atoms with van der Waals surface area (Å²) in [7, 11) is 3.81. The van der Waals surface area contributed by atoms with Crippen molar-refractivity contribution in [2.24, 2.45) is 0 Å². The van der Waals surface area contributed by atoms with Crippen LogP contribution >= 0.6 is 11.3 Å². The van der Waals surface area contributed by atoms with E-state index in [9.17, 15) is 4.79 Å². The Balaban J connectivity index is 3.26. The lowest BCUT2D eigenvalue weighted by Crippen LogP contribution is -2.12. The highest BCUT2D eigenvalue weighted by Crippen LogP contribution is 2.44. The highest BCUT2D eigenvalue weighted by molar-refractivity contribution is 7.19. The average molecular weight is 242 g/mol. The number of hydrogen-bond donors (Lipinski definition) is 1. The van der Waals surface area contributed by atoms with Gasteiger partial charge in [-0.2, -0.15) is 0 Å². The number of nitrogens with two attached hydrogens (primary N) is 1. The van der Waals surface area contributed by atoms with E-state index in [0.29, 0.717) is 16.3 Å². The summed E-state index contributed by atoms with van der Waals surface area (Å²) < 4.78 is 5.66. The Morgan fingerprint density at radius 2 is 2.00 bits per heavy atom. The number of ketones is 1. The third-order valence-electron chi connectivity index (χ3n) is 1.96. The van der Waals surface area contributed by atoms with Crippen molar-refractivity contribution < 1.29 is 9.53 Å². The Bertz CT molecular complexity index is 397. The van der Waals surface area contributed by atoms with Gasteiger partial charge in [-0.05, 0) is 13.8 Å². The van der Waals surface area contributed by atoms with Gasteiger partial charge in [-0.15, -0.1) is 11.3 Å². The van der Waals surface area contributed by atoms with Gasteiger partial charge in [0, 0.05) is 21.0 Å². The molecule has 90 valence electrons. The van der Waals surface area contributed by atoms with Gasteiger partial charge in [0.1, 0.15) is 5.00 Å². The summed E-state index contributed by atoms with van der Waals surface area (Å²) in [5.74, 6) is 0.597. The van der Waals surface area contributed by atoms with E-state index in [1.807, 2.05) is 32.8 Å². The second-order valence-corrected chi connectivity index (χ2v) is 5.10. The lowest BCUT2D eigenvalue weighted by atomic mass is 10.3. The highest BCUT2D eigenvalue weighted by atomic mass is 32.1. The fraction of sp³-hybridized carbons (Fsp3) is 0.545. The van der Waals surface area contributed by atoms with E-state index in [1.165, 1.54) is 18.3 Å². The molecule has 0 aliphatic carbocycles. The Morgan fingerprint density at radius 3 is 2.38 bits per heavy atom. The number of carbonyl (C=O) groups excluding carboxylic acids is 1. The van der Waals surface area contributed by atoms with Gasteiger partial charge in [0.25, 0.3) is 0 Å². The molecule has 0 fully saturated rings. The Labute approximate surface area is 100 Å². The van der Waals surface area contributed by atoms with Crippen molar-refractivity contribution in [1.82, 2.24) is 0 Å². The molecule has 0 amide bonds. The van der Waals surface area contributed by atoms with Crippen LogP contribution in [0, 0.1) is 0 Å². The first-order valence-corrected chi connectivity index (χ1v) is 5.93. The summed E-state index contributed by atoms with van der Waals surface area (Å²) in [4.78, 5) is 13.9. The molecule has 0 radical (unpaired) electrons. The Hall–Kier alpha value is -1.23. The Morgan fingerprint density at radius 1 is 1.44 bits per heavy atom. The van der Waals surface area contributed by atoms with Gasteiger partial charge in [-0.3, -0.25) is 4.79 Å². The zero-order valence-electron chi connectivity index (χ0n) is 10.3. The standard InChI is InChI=1S/C11H18N2O2S/c1-6(2)15-9-8(12)10(7(3)14)16-11(9)13(4)5/h6H,12H2,1-5H3. The normalized spacial score (nSPS) is 10.6. The smallest absolute Gasteiger partial charge is 0.177 e. The third-order valence-corrected chi connectivity index (χ3v) is 3.42. The second kappa shape index (κ2) is 4.74. The number of thiophene rings is 1. The minimum Gasteiger partial charge on any atom is -0.486 e. The number of nitrogen functional groups attached to an aromatic ring is 1. The molecule has 1 rings (SSSR count). The first-order chi connectivity index (χ1) is 7.34. The van der Waals surface area contributed by atoms with E-state index in [1.54, 1.807) is 0 Å². The van der Waals surface area contributed by atoms with Crippen LogP contribution in [0.2, 0.25) is 0 Å². The molecule has 5 heteroatoms. The molecule has 16 heavy (non-hydrogen) atoms. The molecule has 0 atom stereocenters. The van der Waals surface area contributed by atoms with E-state index < -0.39 is 0 Å². The number of hydrogen-bond acceptors (Lipinski definition) is 5. The third kappa shape index (κ3) is 2.47. The van der Waals surface area contributed by atoms with Crippen molar-refractivity contribution in [3.63, 3.8) is 0 Å². The van der Waals surface area contributed by atoms with E-state index in [0.717, 1.165) is 5.00 Å². The maximum Gasteiger partial charge on any atom is 0.177 e. The maximum atomic E-state index is 11.4. The van der Waals surface area contributed by atoms with Crippen LogP contribution in [-0.4, -0.2) is 26.0 Å². The molecule has 0 bridgehead atoms. The molecular weight excluding hydrogens is 224 g/mol. The van der Waals surface area contributed by atoms with E-state index >= 15 is 0 Å². The van der Waals surface area contributed by atoms with Crippen molar-refractivity contribution in [1.29, 1.82) is 0 Å². The van der Waals surface area contributed by atoms with Crippen LogP contribution in [0.1, 0.15) is 30.4 Å². The molecule has 0 spiro atoms. The van der Waals surface area contributed by atoms with Crippen LogP contribution in [0.5, 0.6) is 5.75 Å². The van der Waals surface area contributed by atoms with Gasteiger partial charge in [0.15, 0.2) is 11.5 Å². The summed E-state index contributed by atoms with van der Waals surface area (Å²) in [5.41, 5.74) is 6.38. The summed E-state index contributed by atoms with van der Waals surface area (Å²) in [6.07, 6.45) is 0.0374. The molecule has 1 aromatic rings. The van der Waals surface area contributed by atoms with Crippen molar-refractivity contribution >= 4 is 27.8 Å². The monoisotopic (exact) mass is 242 g/mol. The summed E-state index contributed by atoms with van der Waals surface area (Å²) >= 11 is 1.37. The van der Waals surface area contributed by atoms with Crippen LogP contribution in [0.25, 0.3) is 0 Å². The zero-order valence-corrected chi connectivity index (χ0v) is 11.1. The quantitative estimate of drug-likeness (QED) is 0.824. The molecule has 0 saturated heterocycles. The van der Waals surface area contributed by atoms with Gasteiger partial charge in [0.2, 0.25) is 0 Å². The molecule has 0 aliphatic heterocycles. The molecule has 0 saturated carbocycles. The van der Waals surface area contributed by atoms with Crippen LogP contribution in [0.4, 0.5) is 10.7 Å². The first kappa shape index (κ1) is 12.8. The van der Waals surface area contributed by atoms with Crippen LogP contribution in [0.15, 0.2) is 0 Å². The largest absolute Gasteiger partial charge is 0.486 e. The first-order valence-electron chi connectivity index (χ1n) is 5.11. The Kier molecular flexibility index (Phi) is 3.80. The van der Waals surface area contributed by atoms with E-state index in [4.69, 9.17) is 10.5 Å². The zero-order chi connectivity index (χ0) is 12.5. The summed E-state index contributed by atoms with van der Waals surface area (Å²) in [5, 5.41) is 0.886. The molecule has 1 aromatic heterocycles. The van der Waals surface area contributed by atoms with Gasteiger partial charge < -0.3 is 15.4 Å². The number of carbonyl (C=O) groups is 1. The van der Waals surface area contributed by atoms with Crippen LogP contribution in [0.3, 0.4) is 0 Å². The lowest BCUT2D eigenvalue weighted by molar-refractivity contribution is 0.102. The molecule has 0 aliphatic rings. The molecule has 4 nitrogen and oxygen atoms in total. The number of anilines is 2. The van der Waals surface area contributed by atoms with Gasteiger partial charge in [-0.25, -0.2) is 0 Å². The highest BCUT2D eigenvalue weighted by Gasteiger charge is 2.21. The molecule has 0 unspecified atom stereocenters. The van der Waals surface area contributed by atoms with Crippen molar-refractivity contribution in [2.45, 2.75) is 26.9 Å². The number of Topliss-reactive ketones (excluding diaryl/α,β-unsaturated/α-hetero) is 1. The van der Waals surface area contributed by atoms with Gasteiger partial charge in [0.05, 0.1) is 16.7 Å². The predicted octanol–water partition coefficient (Wildman–Crippen LogP) is 2.39. The minimum absolute atomic E-state index is 0.0239. The lowest BCUT2D eigenvalue weighted by Gasteiger charge is -2.15. The maximum absolute atomic E-state index is 11.4. The van der Waals surface area contributed by atoms with Gasteiger partial charge >= 0.3 is 0 Å². The topological polar surface area (TPSA) is 55.6 Å². The molecular formula is C11H18N2O2S. The molecule has 0 aromatic carbocycles. The average Bonchev–Trinajstić information content (AvgIpc) is 2.43.